The van der Waals surface area contributed by atoms with Gasteiger partial charge in [-0.05, 0) is 19.1 Å². The Morgan fingerprint density at radius 2 is 2.15 bits per heavy atom. The molecule has 0 saturated carbocycles. The Balaban J connectivity index is 2.52. The monoisotopic (exact) mass is 296 g/mol. The van der Waals surface area contributed by atoms with Crippen LogP contribution < -0.4 is 9.47 Å². The SMILES string of the molecule is CCOc1cc(OC)c(Cl)cc1-c1cc(C(=O)O)[nH]n1. The Hall–Kier alpha value is -2.21. The highest BCUT2D eigenvalue weighted by Crippen LogP contribution is 2.38. The third kappa shape index (κ3) is 2.70. The molecule has 0 aliphatic heterocycles. The maximum Gasteiger partial charge on any atom is 0.353 e. The fraction of sp³-hybridized carbons (Fsp3) is 0.231. The molecule has 2 aromatic rings. The molecule has 0 unspecified atom stereocenters. The van der Waals surface area contributed by atoms with E-state index in [2.05, 4.69) is 10.2 Å². The molecule has 6 nitrogen and oxygen atoms in total. The van der Waals surface area contributed by atoms with Crippen LogP contribution in [0.1, 0.15) is 17.4 Å². The van der Waals surface area contributed by atoms with Gasteiger partial charge in [-0.1, -0.05) is 11.6 Å². The topological polar surface area (TPSA) is 84.4 Å². The second-order valence-electron chi connectivity index (χ2n) is 3.89. The normalized spacial score (nSPS) is 10.3. The van der Waals surface area contributed by atoms with Gasteiger partial charge in [-0.25, -0.2) is 4.79 Å². The van der Waals surface area contributed by atoms with Gasteiger partial charge >= 0.3 is 5.97 Å². The predicted molar refractivity (Wildman–Crippen MR) is 73.7 cm³/mol. The number of hydrogen-bond acceptors (Lipinski definition) is 4. The van der Waals surface area contributed by atoms with E-state index in [9.17, 15) is 4.79 Å². The fourth-order valence-corrected chi connectivity index (χ4v) is 1.98. The second kappa shape index (κ2) is 5.83. The summed E-state index contributed by atoms with van der Waals surface area (Å²) in [4.78, 5) is 10.9. The molecule has 0 saturated heterocycles. The average Bonchev–Trinajstić information content (AvgIpc) is 2.90. The zero-order chi connectivity index (χ0) is 14.7. The molecular weight excluding hydrogens is 284 g/mol. The van der Waals surface area contributed by atoms with Crippen LogP contribution in [0.15, 0.2) is 18.2 Å². The number of benzene rings is 1. The number of ether oxygens (including phenoxy) is 2. The first-order valence-corrected chi connectivity index (χ1v) is 6.24. The lowest BCUT2D eigenvalue weighted by Gasteiger charge is -2.11. The number of rotatable bonds is 5. The number of aromatic carboxylic acids is 1. The molecule has 0 fully saturated rings. The number of carbonyl (C=O) groups is 1. The molecular formula is C13H13ClN2O4. The molecule has 20 heavy (non-hydrogen) atoms. The van der Waals surface area contributed by atoms with Gasteiger partial charge in [-0.15, -0.1) is 0 Å². The Morgan fingerprint density at radius 1 is 1.40 bits per heavy atom. The quantitative estimate of drug-likeness (QED) is 0.886. The van der Waals surface area contributed by atoms with E-state index in [4.69, 9.17) is 26.2 Å². The van der Waals surface area contributed by atoms with Gasteiger partial charge in [0.15, 0.2) is 0 Å². The molecule has 0 aliphatic carbocycles. The molecule has 106 valence electrons. The molecule has 2 N–H and O–H groups in total. The molecule has 0 aliphatic rings. The van der Waals surface area contributed by atoms with Gasteiger partial charge in [0.2, 0.25) is 0 Å². The van der Waals surface area contributed by atoms with E-state index in [0.29, 0.717) is 34.4 Å². The van der Waals surface area contributed by atoms with E-state index in [-0.39, 0.29) is 5.69 Å². The number of nitrogens with one attached hydrogen (secondary N) is 1. The first kappa shape index (κ1) is 14.2. The van der Waals surface area contributed by atoms with E-state index in [1.807, 2.05) is 6.92 Å². The van der Waals surface area contributed by atoms with E-state index in [1.54, 1.807) is 12.1 Å². The van der Waals surface area contributed by atoms with Crippen LogP contribution in [0, 0.1) is 0 Å². The number of carboxylic acid groups (broad SMARTS) is 1. The van der Waals surface area contributed by atoms with Gasteiger partial charge in [-0.3, -0.25) is 5.10 Å². The molecule has 1 aromatic heterocycles. The van der Waals surface area contributed by atoms with Crippen LogP contribution in [0.25, 0.3) is 11.3 Å². The lowest BCUT2D eigenvalue weighted by Crippen LogP contribution is -1.96. The number of aromatic amines is 1. The van der Waals surface area contributed by atoms with Crippen LogP contribution in [-0.4, -0.2) is 35.0 Å². The Labute approximate surface area is 120 Å². The summed E-state index contributed by atoms with van der Waals surface area (Å²) in [5, 5.41) is 15.7. The number of carboxylic acids is 1. The number of methoxy groups -OCH3 is 1. The van der Waals surface area contributed by atoms with Crippen molar-refractivity contribution in [3.63, 3.8) is 0 Å². The van der Waals surface area contributed by atoms with Crippen LogP contribution >= 0.6 is 11.6 Å². The van der Waals surface area contributed by atoms with Crippen molar-refractivity contribution >= 4 is 17.6 Å². The van der Waals surface area contributed by atoms with E-state index < -0.39 is 5.97 Å². The van der Waals surface area contributed by atoms with Crippen molar-refractivity contribution in [2.45, 2.75) is 6.92 Å². The van der Waals surface area contributed by atoms with Crippen molar-refractivity contribution in [3.8, 4) is 22.8 Å². The summed E-state index contributed by atoms with van der Waals surface area (Å²) < 4.78 is 10.7. The molecule has 1 aromatic carbocycles. The maximum absolute atomic E-state index is 10.9. The molecule has 0 spiro atoms. The third-order valence-corrected chi connectivity index (χ3v) is 2.93. The highest BCUT2D eigenvalue weighted by atomic mass is 35.5. The second-order valence-corrected chi connectivity index (χ2v) is 4.30. The zero-order valence-corrected chi connectivity index (χ0v) is 11.7. The van der Waals surface area contributed by atoms with Crippen molar-refractivity contribution in [2.24, 2.45) is 0 Å². The van der Waals surface area contributed by atoms with Crippen molar-refractivity contribution in [1.82, 2.24) is 10.2 Å². The first-order chi connectivity index (χ1) is 9.56. The largest absolute Gasteiger partial charge is 0.495 e. The zero-order valence-electron chi connectivity index (χ0n) is 10.9. The van der Waals surface area contributed by atoms with Gasteiger partial charge < -0.3 is 14.6 Å². The molecule has 7 heteroatoms. The predicted octanol–water partition coefficient (Wildman–Crippen LogP) is 2.84. The molecule has 2 rings (SSSR count). The number of aromatic nitrogens is 2. The molecule has 0 radical (unpaired) electrons. The summed E-state index contributed by atoms with van der Waals surface area (Å²) in [5.74, 6) is -0.0774. The molecule has 0 bridgehead atoms. The highest BCUT2D eigenvalue weighted by molar-refractivity contribution is 6.32. The summed E-state index contributed by atoms with van der Waals surface area (Å²) in [6.07, 6.45) is 0. The number of halogens is 1. The number of H-pyrrole nitrogens is 1. The molecule has 0 amide bonds. The van der Waals surface area contributed by atoms with Gasteiger partial charge in [-0.2, -0.15) is 5.10 Å². The smallest absolute Gasteiger partial charge is 0.353 e. The molecule has 1 heterocycles. The van der Waals surface area contributed by atoms with Crippen molar-refractivity contribution < 1.29 is 19.4 Å². The first-order valence-electron chi connectivity index (χ1n) is 5.86. The third-order valence-electron chi connectivity index (χ3n) is 2.64. The Morgan fingerprint density at radius 3 is 2.70 bits per heavy atom. The summed E-state index contributed by atoms with van der Waals surface area (Å²) >= 11 is 6.09. The minimum Gasteiger partial charge on any atom is -0.495 e. The minimum absolute atomic E-state index is 0.00520. The van der Waals surface area contributed by atoms with Gasteiger partial charge in [0.25, 0.3) is 0 Å². The fourth-order valence-electron chi connectivity index (χ4n) is 1.74. The number of nitrogens with zero attached hydrogens (tertiary/aromatic N) is 1. The van der Waals surface area contributed by atoms with Crippen molar-refractivity contribution in [2.75, 3.05) is 13.7 Å². The van der Waals surface area contributed by atoms with Crippen LogP contribution in [0.3, 0.4) is 0 Å². The van der Waals surface area contributed by atoms with E-state index in [1.165, 1.54) is 13.2 Å². The van der Waals surface area contributed by atoms with E-state index in [0.717, 1.165) is 0 Å². The van der Waals surface area contributed by atoms with Gasteiger partial charge in [0.05, 0.1) is 24.4 Å². The van der Waals surface area contributed by atoms with E-state index >= 15 is 0 Å². The van der Waals surface area contributed by atoms with Crippen molar-refractivity contribution in [1.29, 1.82) is 0 Å². The van der Waals surface area contributed by atoms with Gasteiger partial charge in [0, 0.05) is 11.6 Å². The standard InChI is InChI=1S/C13H13ClN2O4/c1-3-20-11-6-12(19-2)8(14)4-7(11)9-5-10(13(17)18)16-15-9/h4-6H,3H2,1-2H3,(H,15,16)(H,17,18). The highest BCUT2D eigenvalue weighted by Gasteiger charge is 2.16. The van der Waals surface area contributed by atoms with Crippen LogP contribution in [0.5, 0.6) is 11.5 Å². The summed E-state index contributed by atoms with van der Waals surface area (Å²) in [7, 11) is 1.51. The summed E-state index contributed by atoms with van der Waals surface area (Å²) in [6, 6.07) is 4.70. The lowest BCUT2D eigenvalue weighted by atomic mass is 10.1. The number of hydrogen-bond donors (Lipinski definition) is 2. The lowest BCUT2D eigenvalue weighted by molar-refractivity contribution is 0.0690. The Kier molecular flexibility index (Phi) is 4.14. The molecule has 0 atom stereocenters. The average molecular weight is 297 g/mol. The minimum atomic E-state index is -1.08. The maximum atomic E-state index is 10.9. The van der Waals surface area contributed by atoms with Crippen molar-refractivity contribution in [3.05, 3.63) is 28.9 Å². The van der Waals surface area contributed by atoms with Crippen LogP contribution in [0.4, 0.5) is 0 Å². The van der Waals surface area contributed by atoms with Crippen LogP contribution in [-0.2, 0) is 0 Å². The summed E-state index contributed by atoms with van der Waals surface area (Å²) in [6.45, 7) is 2.30. The van der Waals surface area contributed by atoms with Crippen LogP contribution in [0.2, 0.25) is 5.02 Å². The van der Waals surface area contributed by atoms with Gasteiger partial charge in [0.1, 0.15) is 17.2 Å². The Bertz CT molecular complexity index is 639. The summed E-state index contributed by atoms with van der Waals surface area (Å²) in [5.41, 5.74) is 1.03.